The summed E-state index contributed by atoms with van der Waals surface area (Å²) in [7, 11) is -4.67. The second kappa shape index (κ2) is 3.27. The molecule has 6 heteroatoms. The monoisotopic (exact) mass is 238 g/mol. The van der Waals surface area contributed by atoms with E-state index in [9.17, 15) is 0 Å². The SMILES string of the molecule is O=S(=O)(O)O.[Ce]. The molecule has 0 aliphatic heterocycles. The zero-order valence-electron chi connectivity index (χ0n) is 2.62. The first-order valence-corrected chi connectivity index (χ1v) is 2.10. The van der Waals surface area contributed by atoms with E-state index in [2.05, 4.69) is 0 Å². The van der Waals surface area contributed by atoms with Gasteiger partial charge in [-0.2, -0.15) is 8.42 Å². The standard InChI is InChI=1S/Ce.H2O4S/c;1-5(2,3)4/h;(H2,1,2,3,4). The molecule has 0 fully saturated rings. The third-order valence-corrected chi connectivity index (χ3v) is 0. The molecule has 0 atom stereocenters. The average molecular weight is 238 g/mol. The van der Waals surface area contributed by atoms with Crippen LogP contribution >= 0.6 is 0 Å². The molecule has 4 nitrogen and oxygen atoms in total. The Labute approximate surface area is 68.9 Å². The van der Waals surface area contributed by atoms with Crippen molar-refractivity contribution in [1.82, 2.24) is 0 Å². The molecule has 0 aromatic rings. The van der Waals surface area contributed by atoms with Gasteiger partial charge in [0.15, 0.2) is 0 Å². The first-order valence-electron chi connectivity index (χ1n) is 0.698. The van der Waals surface area contributed by atoms with E-state index in [1.165, 1.54) is 0 Å². The van der Waals surface area contributed by atoms with Crippen LogP contribution in [0.15, 0.2) is 0 Å². The Morgan fingerprint density at radius 3 is 1.17 bits per heavy atom. The van der Waals surface area contributed by atoms with Crippen molar-refractivity contribution in [3.63, 3.8) is 0 Å². The number of hydrogen-bond donors (Lipinski definition) is 2. The second-order valence-electron chi connectivity index (χ2n) is 0.448. The summed E-state index contributed by atoms with van der Waals surface area (Å²) in [5.74, 6) is 0. The van der Waals surface area contributed by atoms with E-state index in [4.69, 9.17) is 17.5 Å². The molecule has 0 rings (SSSR count). The minimum absolute atomic E-state index is 0. The summed E-state index contributed by atoms with van der Waals surface area (Å²) < 4.78 is 31.6. The van der Waals surface area contributed by atoms with E-state index >= 15 is 0 Å². The van der Waals surface area contributed by atoms with E-state index in [0.29, 0.717) is 0 Å². The van der Waals surface area contributed by atoms with Crippen LogP contribution in [0.3, 0.4) is 0 Å². The maximum absolute atomic E-state index is 8.74. The quantitative estimate of drug-likeness (QED) is 0.550. The van der Waals surface area contributed by atoms with Crippen molar-refractivity contribution in [1.29, 1.82) is 0 Å². The van der Waals surface area contributed by atoms with Gasteiger partial charge in [0, 0.05) is 41.7 Å². The van der Waals surface area contributed by atoms with Crippen molar-refractivity contribution in [2.24, 2.45) is 0 Å². The average Bonchev–Trinajstić information content (AvgIpc) is 0.722. The van der Waals surface area contributed by atoms with Crippen molar-refractivity contribution >= 4 is 10.4 Å². The zero-order chi connectivity index (χ0) is 4.50. The summed E-state index contributed by atoms with van der Waals surface area (Å²) >= 11 is 0. The molecule has 2 N–H and O–H groups in total. The largest absolute Gasteiger partial charge is 0.394 e. The molecule has 0 aromatic carbocycles. The minimum Gasteiger partial charge on any atom is -0.264 e. The van der Waals surface area contributed by atoms with Crippen molar-refractivity contribution < 1.29 is 59.3 Å². The Morgan fingerprint density at radius 2 is 1.17 bits per heavy atom. The van der Waals surface area contributed by atoms with Crippen molar-refractivity contribution in [3.8, 4) is 0 Å². The summed E-state index contributed by atoms with van der Waals surface area (Å²) in [6, 6.07) is 0. The van der Waals surface area contributed by atoms with Gasteiger partial charge in [0.25, 0.3) is 0 Å². The van der Waals surface area contributed by atoms with Gasteiger partial charge in [-0.15, -0.1) is 0 Å². The Hall–Kier alpha value is 1.25. The van der Waals surface area contributed by atoms with E-state index in [-0.39, 0.29) is 41.7 Å². The van der Waals surface area contributed by atoms with Gasteiger partial charge >= 0.3 is 10.4 Å². The topological polar surface area (TPSA) is 74.6 Å². The van der Waals surface area contributed by atoms with E-state index < -0.39 is 10.4 Å². The fraction of sp³-hybridized carbons (Fsp3) is 0. The zero-order valence-corrected chi connectivity index (χ0v) is 6.58. The summed E-state index contributed by atoms with van der Waals surface area (Å²) in [4.78, 5) is 0. The minimum atomic E-state index is -4.67. The molecule has 0 amide bonds. The van der Waals surface area contributed by atoms with Gasteiger partial charge in [0.05, 0.1) is 0 Å². The van der Waals surface area contributed by atoms with Crippen LogP contribution in [-0.2, 0) is 10.4 Å². The van der Waals surface area contributed by atoms with Gasteiger partial charge in [-0.1, -0.05) is 0 Å². The van der Waals surface area contributed by atoms with Crippen LogP contribution in [0.4, 0.5) is 0 Å². The summed E-state index contributed by atoms with van der Waals surface area (Å²) in [5.41, 5.74) is 0. The molecule has 0 unspecified atom stereocenters. The third-order valence-electron chi connectivity index (χ3n) is 0. The number of hydrogen-bond acceptors (Lipinski definition) is 2. The Bertz CT molecular complexity index is 90.7. The molecule has 0 aromatic heterocycles. The predicted octanol–water partition coefficient (Wildman–Crippen LogP) is -0.653. The molecular weight excluding hydrogens is 236 g/mol. The Morgan fingerprint density at radius 1 is 1.17 bits per heavy atom. The fourth-order valence-corrected chi connectivity index (χ4v) is 0. The molecule has 0 aliphatic carbocycles. The van der Waals surface area contributed by atoms with Crippen molar-refractivity contribution in [3.05, 3.63) is 0 Å². The van der Waals surface area contributed by atoms with E-state index in [0.717, 1.165) is 0 Å². The van der Waals surface area contributed by atoms with Gasteiger partial charge in [0.1, 0.15) is 0 Å². The maximum atomic E-state index is 8.74. The van der Waals surface area contributed by atoms with Crippen molar-refractivity contribution in [2.75, 3.05) is 0 Å². The maximum Gasteiger partial charge on any atom is 0.394 e. The number of rotatable bonds is 0. The van der Waals surface area contributed by atoms with Crippen LogP contribution in [0.2, 0.25) is 0 Å². The second-order valence-corrected chi connectivity index (χ2v) is 1.34. The van der Waals surface area contributed by atoms with E-state index in [1.807, 2.05) is 0 Å². The van der Waals surface area contributed by atoms with Crippen LogP contribution < -0.4 is 0 Å². The first-order chi connectivity index (χ1) is 2.00. The van der Waals surface area contributed by atoms with Crippen molar-refractivity contribution in [2.45, 2.75) is 0 Å². The van der Waals surface area contributed by atoms with Gasteiger partial charge < -0.3 is 0 Å². The van der Waals surface area contributed by atoms with Gasteiger partial charge in [-0.05, 0) is 0 Å². The molecular formula is H2CeO4S. The molecule has 0 saturated carbocycles. The van der Waals surface area contributed by atoms with Crippen LogP contribution in [0.5, 0.6) is 0 Å². The summed E-state index contributed by atoms with van der Waals surface area (Å²) in [6.45, 7) is 0. The predicted molar refractivity (Wildman–Crippen MR) is 14.2 cm³/mol. The van der Waals surface area contributed by atoms with Crippen LogP contribution in [-0.4, -0.2) is 17.5 Å². The smallest absolute Gasteiger partial charge is 0.264 e. The van der Waals surface area contributed by atoms with Gasteiger partial charge in [-0.25, -0.2) is 0 Å². The molecule has 0 spiro atoms. The molecule has 0 heterocycles. The van der Waals surface area contributed by atoms with Gasteiger partial charge in [-0.3, -0.25) is 9.11 Å². The van der Waals surface area contributed by atoms with Crippen LogP contribution in [0.1, 0.15) is 0 Å². The van der Waals surface area contributed by atoms with E-state index in [1.54, 1.807) is 0 Å². The van der Waals surface area contributed by atoms with Crippen LogP contribution in [0.25, 0.3) is 0 Å². The molecule has 36 valence electrons. The molecule has 0 saturated heterocycles. The third kappa shape index (κ3) is 60.9. The molecule has 0 bridgehead atoms. The van der Waals surface area contributed by atoms with Crippen LogP contribution in [0, 0.1) is 41.7 Å². The molecule has 0 aliphatic rings. The van der Waals surface area contributed by atoms with Gasteiger partial charge in [0.2, 0.25) is 0 Å². The first kappa shape index (κ1) is 10.3. The fourth-order valence-electron chi connectivity index (χ4n) is 0. The Balaban J connectivity index is 0. The Kier molecular flexibility index (Phi) is 5.61. The summed E-state index contributed by atoms with van der Waals surface area (Å²) in [5, 5.41) is 0. The molecule has 0 radical (unpaired) electrons. The molecule has 6 heavy (non-hydrogen) atoms. The summed E-state index contributed by atoms with van der Waals surface area (Å²) in [6.07, 6.45) is 0. The normalized spacial score (nSPS) is 9.67.